The summed E-state index contributed by atoms with van der Waals surface area (Å²) in [6.45, 7) is 1.87. The van der Waals surface area contributed by atoms with Crippen LogP contribution in [0.15, 0.2) is 18.2 Å². The molecular formula is C9H8ClNO. The van der Waals surface area contributed by atoms with E-state index < -0.39 is 0 Å². The number of carbonyl (C=O) groups excluding carboxylic acids is 1. The van der Waals surface area contributed by atoms with Gasteiger partial charge in [0.05, 0.1) is 5.92 Å². The van der Waals surface area contributed by atoms with Gasteiger partial charge in [0.2, 0.25) is 5.91 Å². The lowest BCUT2D eigenvalue weighted by atomic mass is 10.0. The van der Waals surface area contributed by atoms with Crippen molar-refractivity contribution in [2.24, 2.45) is 0 Å². The van der Waals surface area contributed by atoms with Crippen LogP contribution in [0.5, 0.6) is 0 Å². The Morgan fingerprint density at radius 2 is 2.25 bits per heavy atom. The van der Waals surface area contributed by atoms with Gasteiger partial charge < -0.3 is 5.32 Å². The molecule has 0 aliphatic carbocycles. The van der Waals surface area contributed by atoms with Crippen molar-refractivity contribution in [1.82, 2.24) is 0 Å². The van der Waals surface area contributed by atoms with Crippen molar-refractivity contribution < 1.29 is 4.79 Å². The molecule has 62 valence electrons. The lowest BCUT2D eigenvalue weighted by molar-refractivity contribution is -0.116. The van der Waals surface area contributed by atoms with Gasteiger partial charge in [-0.3, -0.25) is 4.79 Å². The minimum Gasteiger partial charge on any atom is -0.325 e. The van der Waals surface area contributed by atoms with Crippen LogP contribution in [-0.2, 0) is 4.79 Å². The SMILES string of the molecule is C[C@@H]1C(=O)Nc2ccc(Cl)cc21. The van der Waals surface area contributed by atoms with Gasteiger partial charge in [-0.05, 0) is 30.7 Å². The smallest absolute Gasteiger partial charge is 0.231 e. The fraction of sp³-hybridized carbons (Fsp3) is 0.222. The van der Waals surface area contributed by atoms with E-state index in [4.69, 9.17) is 11.6 Å². The molecule has 0 saturated carbocycles. The standard InChI is InChI=1S/C9H8ClNO/c1-5-7-4-6(10)2-3-8(7)11-9(5)12/h2-5H,1H3,(H,11,12)/t5-/m0/s1. The van der Waals surface area contributed by atoms with Crippen molar-refractivity contribution in [3.8, 4) is 0 Å². The first-order chi connectivity index (χ1) is 5.68. The zero-order valence-electron chi connectivity index (χ0n) is 6.60. The highest BCUT2D eigenvalue weighted by molar-refractivity contribution is 6.31. The Bertz CT molecular complexity index is 348. The van der Waals surface area contributed by atoms with Crippen LogP contribution >= 0.6 is 11.6 Å². The molecule has 2 rings (SSSR count). The fourth-order valence-corrected chi connectivity index (χ4v) is 1.57. The zero-order valence-corrected chi connectivity index (χ0v) is 7.35. The highest BCUT2D eigenvalue weighted by Gasteiger charge is 2.25. The molecule has 12 heavy (non-hydrogen) atoms. The molecule has 0 radical (unpaired) electrons. The number of halogens is 1. The molecule has 1 N–H and O–H groups in total. The summed E-state index contributed by atoms with van der Waals surface area (Å²) < 4.78 is 0. The van der Waals surface area contributed by atoms with Gasteiger partial charge in [-0.1, -0.05) is 11.6 Å². The summed E-state index contributed by atoms with van der Waals surface area (Å²) in [7, 11) is 0. The van der Waals surface area contributed by atoms with Crippen molar-refractivity contribution in [2.75, 3.05) is 5.32 Å². The number of rotatable bonds is 0. The van der Waals surface area contributed by atoms with E-state index in [1.807, 2.05) is 19.1 Å². The number of anilines is 1. The summed E-state index contributed by atoms with van der Waals surface area (Å²) in [4.78, 5) is 11.2. The molecule has 0 fully saturated rings. The third-order valence-corrected chi connectivity index (χ3v) is 2.37. The Labute approximate surface area is 75.5 Å². The van der Waals surface area contributed by atoms with Crippen LogP contribution in [0.2, 0.25) is 5.02 Å². The Morgan fingerprint density at radius 1 is 1.50 bits per heavy atom. The Hall–Kier alpha value is -1.02. The predicted molar refractivity (Wildman–Crippen MR) is 48.5 cm³/mol. The maximum absolute atomic E-state index is 11.2. The molecule has 0 spiro atoms. The van der Waals surface area contributed by atoms with E-state index >= 15 is 0 Å². The topological polar surface area (TPSA) is 29.1 Å². The van der Waals surface area contributed by atoms with Crippen molar-refractivity contribution in [3.63, 3.8) is 0 Å². The van der Waals surface area contributed by atoms with E-state index in [9.17, 15) is 4.79 Å². The normalized spacial score (nSPS) is 20.5. The molecule has 0 bridgehead atoms. The van der Waals surface area contributed by atoms with Gasteiger partial charge in [-0.25, -0.2) is 0 Å². The monoisotopic (exact) mass is 181 g/mol. The lowest BCUT2D eigenvalue weighted by Crippen LogP contribution is -2.08. The largest absolute Gasteiger partial charge is 0.325 e. The van der Waals surface area contributed by atoms with Gasteiger partial charge in [-0.15, -0.1) is 0 Å². The van der Waals surface area contributed by atoms with Gasteiger partial charge in [0, 0.05) is 10.7 Å². The second-order valence-electron chi connectivity index (χ2n) is 2.94. The minimum atomic E-state index is -0.0706. The molecule has 1 amide bonds. The summed E-state index contributed by atoms with van der Waals surface area (Å²) in [5.74, 6) is -0.0223. The van der Waals surface area contributed by atoms with E-state index in [0.717, 1.165) is 11.3 Å². The number of hydrogen-bond acceptors (Lipinski definition) is 1. The Balaban J connectivity index is 2.55. The second-order valence-corrected chi connectivity index (χ2v) is 3.38. The van der Waals surface area contributed by atoms with E-state index in [2.05, 4.69) is 5.32 Å². The molecule has 1 aliphatic rings. The molecular weight excluding hydrogens is 174 g/mol. The summed E-state index contributed by atoms with van der Waals surface area (Å²) in [5, 5.41) is 3.45. The molecule has 1 aromatic carbocycles. The first-order valence-corrected chi connectivity index (χ1v) is 4.16. The molecule has 1 heterocycles. The molecule has 1 aliphatic heterocycles. The quantitative estimate of drug-likeness (QED) is 0.654. The molecule has 1 atom stereocenters. The van der Waals surface area contributed by atoms with Crippen LogP contribution in [0.4, 0.5) is 5.69 Å². The highest BCUT2D eigenvalue weighted by atomic mass is 35.5. The molecule has 0 aromatic heterocycles. The molecule has 1 aromatic rings. The zero-order chi connectivity index (χ0) is 8.72. The molecule has 3 heteroatoms. The summed E-state index contributed by atoms with van der Waals surface area (Å²) in [6.07, 6.45) is 0. The Kier molecular flexibility index (Phi) is 1.58. The van der Waals surface area contributed by atoms with Crippen molar-refractivity contribution >= 4 is 23.2 Å². The summed E-state index contributed by atoms with van der Waals surface area (Å²) >= 11 is 5.80. The van der Waals surface area contributed by atoms with Crippen LogP contribution in [0, 0.1) is 0 Å². The number of amides is 1. The van der Waals surface area contributed by atoms with Crippen LogP contribution in [0.25, 0.3) is 0 Å². The third-order valence-electron chi connectivity index (χ3n) is 2.13. The average molecular weight is 182 g/mol. The van der Waals surface area contributed by atoms with E-state index in [1.54, 1.807) is 6.07 Å². The number of carbonyl (C=O) groups is 1. The van der Waals surface area contributed by atoms with Crippen molar-refractivity contribution in [2.45, 2.75) is 12.8 Å². The number of hydrogen-bond donors (Lipinski definition) is 1. The number of nitrogens with one attached hydrogen (secondary N) is 1. The first kappa shape index (κ1) is 7.62. The first-order valence-electron chi connectivity index (χ1n) is 3.79. The van der Waals surface area contributed by atoms with Gasteiger partial charge in [0.25, 0.3) is 0 Å². The van der Waals surface area contributed by atoms with E-state index in [0.29, 0.717) is 5.02 Å². The molecule has 0 unspecified atom stereocenters. The number of benzene rings is 1. The van der Waals surface area contributed by atoms with Crippen LogP contribution < -0.4 is 5.32 Å². The minimum absolute atomic E-state index is 0.0484. The van der Waals surface area contributed by atoms with Gasteiger partial charge >= 0.3 is 0 Å². The van der Waals surface area contributed by atoms with E-state index in [1.165, 1.54) is 0 Å². The summed E-state index contributed by atoms with van der Waals surface area (Å²) in [6, 6.07) is 5.44. The Morgan fingerprint density at radius 3 is 3.00 bits per heavy atom. The van der Waals surface area contributed by atoms with Gasteiger partial charge in [0.1, 0.15) is 0 Å². The maximum atomic E-state index is 11.2. The maximum Gasteiger partial charge on any atom is 0.231 e. The van der Waals surface area contributed by atoms with E-state index in [-0.39, 0.29) is 11.8 Å². The highest BCUT2D eigenvalue weighted by Crippen LogP contribution is 2.33. The third kappa shape index (κ3) is 0.994. The van der Waals surface area contributed by atoms with Gasteiger partial charge in [-0.2, -0.15) is 0 Å². The predicted octanol–water partition coefficient (Wildman–Crippen LogP) is 2.40. The lowest BCUT2D eigenvalue weighted by Gasteiger charge is -1.99. The number of fused-ring (bicyclic) bond motifs is 1. The summed E-state index contributed by atoms with van der Waals surface area (Å²) in [5.41, 5.74) is 1.88. The average Bonchev–Trinajstić information content (AvgIpc) is 2.31. The second kappa shape index (κ2) is 2.49. The fourth-order valence-electron chi connectivity index (χ4n) is 1.39. The van der Waals surface area contributed by atoms with Crippen molar-refractivity contribution in [1.29, 1.82) is 0 Å². The molecule has 2 nitrogen and oxygen atoms in total. The van der Waals surface area contributed by atoms with Crippen LogP contribution in [0.3, 0.4) is 0 Å². The van der Waals surface area contributed by atoms with Crippen molar-refractivity contribution in [3.05, 3.63) is 28.8 Å². The van der Waals surface area contributed by atoms with Gasteiger partial charge in [0.15, 0.2) is 0 Å². The van der Waals surface area contributed by atoms with Crippen LogP contribution in [0.1, 0.15) is 18.4 Å². The molecule has 0 saturated heterocycles. The van der Waals surface area contributed by atoms with Crippen LogP contribution in [-0.4, -0.2) is 5.91 Å².